The molecular weight excluding hydrogens is 637 g/mol. The van der Waals surface area contributed by atoms with Crippen LogP contribution in [0, 0.1) is 0 Å². The van der Waals surface area contributed by atoms with Crippen molar-refractivity contribution >= 4 is 93.4 Å². The molecule has 10 aromatic rings. The maximum atomic E-state index is 9.02. The van der Waals surface area contributed by atoms with Crippen LogP contribution in [0.1, 0.15) is 1.37 Å². The molecule has 8 aromatic carbocycles. The number of thiophene rings is 1. The zero-order valence-corrected chi connectivity index (χ0v) is 28.2. The summed E-state index contributed by atoms with van der Waals surface area (Å²) in [6.07, 6.45) is 0. The van der Waals surface area contributed by atoms with Gasteiger partial charge in [0.1, 0.15) is 0 Å². The van der Waals surface area contributed by atoms with E-state index in [2.05, 4.69) is 132 Å². The summed E-state index contributed by atoms with van der Waals surface area (Å²) in [5.74, 6) is 0.609. The molecule has 0 radical (unpaired) electrons. The third-order valence-electron chi connectivity index (χ3n) is 10.4. The second kappa shape index (κ2) is 11.1. The monoisotopic (exact) mass is 666 g/mol. The lowest BCUT2D eigenvalue weighted by Gasteiger charge is -2.39. The quantitative estimate of drug-likeness (QED) is 0.176. The second-order valence-corrected chi connectivity index (χ2v) is 14.2. The predicted octanol–water partition coefficient (Wildman–Crippen LogP) is 10.9. The fourth-order valence-electron chi connectivity index (χ4n) is 8.28. The van der Waals surface area contributed by atoms with E-state index in [0.29, 0.717) is 12.0 Å². The van der Waals surface area contributed by atoms with Gasteiger partial charge in [0.25, 0.3) is 0 Å². The minimum Gasteiger partial charge on any atom is -0.345 e. The molecule has 5 heteroatoms. The Kier molecular flexibility index (Phi) is 5.99. The van der Waals surface area contributed by atoms with Crippen LogP contribution >= 0.6 is 11.3 Å². The summed E-state index contributed by atoms with van der Waals surface area (Å²) < 4.78 is 11.5. The lowest BCUT2D eigenvalue weighted by Crippen LogP contribution is -2.58. The van der Waals surface area contributed by atoms with E-state index in [-0.39, 0.29) is 6.85 Å². The van der Waals surface area contributed by atoms with Gasteiger partial charge in [-0.1, -0.05) is 163 Å². The fourth-order valence-corrected chi connectivity index (χ4v) is 9.52. The van der Waals surface area contributed by atoms with E-state index in [1.165, 1.54) is 58.3 Å². The molecular formula is C46H28BN3S. The molecule has 0 spiro atoms. The minimum atomic E-state index is -0.252. The lowest BCUT2D eigenvalue weighted by atomic mass is 9.45. The van der Waals surface area contributed by atoms with Crippen molar-refractivity contribution in [2.24, 2.45) is 0 Å². The summed E-state index contributed by atoms with van der Waals surface area (Å²) in [6, 6.07) is 58.3. The van der Waals surface area contributed by atoms with Crippen molar-refractivity contribution < 1.29 is 1.37 Å². The molecule has 0 unspecified atom stereocenters. The summed E-state index contributed by atoms with van der Waals surface area (Å²) in [5, 5.41) is 8.05. The lowest BCUT2D eigenvalue weighted by molar-refractivity contribution is 1.16. The number of hydrogen-bond acceptors (Lipinski definition) is 4. The van der Waals surface area contributed by atoms with Crippen molar-refractivity contribution in [3.8, 4) is 22.4 Å². The van der Waals surface area contributed by atoms with Gasteiger partial charge in [-0.25, -0.2) is 9.97 Å². The first-order valence-corrected chi connectivity index (χ1v) is 18.1. The Bertz CT molecular complexity index is 3050. The van der Waals surface area contributed by atoms with E-state index in [1.54, 1.807) is 0 Å². The molecule has 3 heterocycles. The highest BCUT2D eigenvalue weighted by atomic mass is 32.1. The Morgan fingerprint density at radius 3 is 2.10 bits per heavy atom. The molecule has 11 rings (SSSR count). The van der Waals surface area contributed by atoms with Gasteiger partial charge >= 0.3 is 6.85 Å². The van der Waals surface area contributed by atoms with Crippen molar-refractivity contribution in [1.82, 2.24) is 9.97 Å². The van der Waals surface area contributed by atoms with Gasteiger partial charge in [0.15, 0.2) is 0 Å². The van der Waals surface area contributed by atoms with Gasteiger partial charge in [-0.15, -0.1) is 11.3 Å². The third kappa shape index (κ3) is 4.19. The molecule has 2 aromatic heterocycles. The maximum absolute atomic E-state index is 9.02. The second-order valence-electron chi connectivity index (χ2n) is 13.2. The van der Waals surface area contributed by atoms with E-state index in [0.717, 1.165) is 33.3 Å². The third-order valence-corrected chi connectivity index (χ3v) is 11.6. The van der Waals surface area contributed by atoms with Crippen LogP contribution in [0.3, 0.4) is 0 Å². The first kappa shape index (κ1) is 27.5. The molecule has 3 nitrogen and oxygen atoms in total. The standard InChI is InChI=1S/C46H28BN3S/c1-3-16-30(17-4-1)43-35-23-11-13-25-38(35)48-46(49-43)50-44-40(33-21-9-10-22-34(33)45-41(44)36-24-12-14-26-39(36)51-45)37-28-27-29-15-7-8-20-32(29)42(37)47(50)31-18-5-2-6-19-31/h1-28H/i23D. The minimum absolute atomic E-state index is 0.252. The number of fused-ring (bicyclic) bond motifs is 13. The molecule has 51 heavy (non-hydrogen) atoms. The van der Waals surface area contributed by atoms with Crippen molar-refractivity contribution in [1.29, 1.82) is 0 Å². The van der Waals surface area contributed by atoms with Crippen LogP contribution in [0.2, 0.25) is 0 Å². The van der Waals surface area contributed by atoms with Crippen molar-refractivity contribution in [2.45, 2.75) is 0 Å². The smallest absolute Gasteiger partial charge is 0.332 e. The highest BCUT2D eigenvalue weighted by Gasteiger charge is 2.42. The van der Waals surface area contributed by atoms with Gasteiger partial charge in [-0.2, -0.15) is 0 Å². The normalized spacial score (nSPS) is 12.9. The van der Waals surface area contributed by atoms with Gasteiger partial charge < -0.3 is 4.81 Å². The van der Waals surface area contributed by atoms with Crippen LogP contribution < -0.4 is 15.7 Å². The maximum Gasteiger partial charge on any atom is 0.332 e. The molecule has 0 amide bonds. The number of rotatable bonds is 3. The molecule has 1 aliphatic rings. The van der Waals surface area contributed by atoms with Crippen LogP contribution in [0.5, 0.6) is 0 Å². The summed E-state index contributed by atoms with van der Waals surface area (Å²) in [5.41, 5.74) is 8.40. The number of nitrogens with zero attached hydrogens (tertiary/aromatic N) is 3. The van der Waals surface area contributed by atoms with Crippen molar-refractivity contribution in [3.05, 3.63) is 170 Å². The first-order valence-electron chi connectivity index (χ1n) is 17.8. The molecule has 1 aliphatic heterocycles. The topological polar surface area (TPSA) is 29.0 Å². The Balaban J connectivity index is 1.39. The van der Waals surface area contributed by atoms with Crippen LogP contribution in [0.4, 0.5) is 11.6 Å². The van der Waals surface area contributed by atoms with Gasteiger partial charge in [-0.3, -0.25) is 0 Å². The van der Waals surface area contributed by atoms with E-state index < -0.39 is 0 Å². The predicted molar refractivity (Wildman–Crippen MR) is 218 cm³/mol. The molecule has 0 atom stereocenters. The molecule has 236 valence electrons. The Morgan fingerprint density at radius 1 is 0.569 bits per heavy atom. The average molecular weight is 667 g/mol. The van der Waals surface area contributed by atoms with Crippen LogP contribution in [0.25, 0.3) is 75.0 Å². The van der Waals surface area contributed by atoms with Crippen molar-refractivity contribution in [2.75, 3.05) is 4.81 Å². The highest BCUT2D eigenvalue weighted by molar-refractivity contribution is 7.27. The van der Waals surface area contributed by atoms with Gasteiger partial charge in [0, 0.05) is 47.8 Å². The van der Waals surface area contributed by atoms with Crippen LogP contribution in [0.15, 0.2) is 170 Å². The Hall–Kier alpha value is -6.30. The van der Waals surface area contributed by atoms with E-state index >= 15 is 0 Å². The van der Waals surface area contributed by atoms with E-state index in [4.69, 9.17) is 11.3 Å². The summed E-state index contributed by atoms with van der Waals surface area (Å²) in [6.45, 7) is -0.252. The number of aromatic nitrogens is 2. The average Bonchev–Trinajstić information content (AvgIpc) is 3.60. The summed E-state index contributed by atoms with van der Waals surface area (Å²) >= 11 is 1.85. The van der Waals surface area contributed by atoms with Crippen molar-refractivity contribution in [3.63, 3.8) is 0 Å². The molecule has 0 bridgehead atoms. The number of benzene rings is 8. The van der Waals surface area contributed by atoms with Gasteiger partial charge in [-0.05, 0) is 39.3 Å². The van der Waals surface area contributed by atoms with Crippen LogP contribution in [-0.4, -0.2) is 16.8 Å². The van der Waals surface area contributed by atoms with E-state index in [1.807, 2.05) is 47.7 Å². The molecule has 0 N–H and O–H groups in total. The molecule has 0 aliphatic carbocycles. The zero-order chi connectivity index (χ0) is 34.3. The molecule has 0 saturated carbocycles. The van der Waals surface area contributed by atoms with Crippen LogP contribution in [-0.2, 0) is 0 Å². The molecule has 0 saturated heterocycles. The van der Waals surface area contributed by atoms with E-state index in [9.17, 15) is 0 Å². The molecule has 0 fully saturated rings. The largest absolute Gasteiger partial charge is 0.345 e. The Morgan fingerprint density at radius 2 is 1.25 bits per heavy atom. The number of para-hydroxylation sites is 1. The Labute approximate surface area is 300 Å². The SMILES string of the molecule is [2H]c1cccc2nc(N3B(c4ccccc4)c4c(ccc5ccccc45)-c4c3c3c5ccccc5sc3c3ccccc43)nc(-c3ccccc3)c12. The number of anilines is 2. The highest BCUT2D eigenvalue weighted by Crippen LogP contribution is 2.53. The number of hydrogen-bond donors (Lipinski definition) is 0. The fraction of sp³-hybridized carbons (Fsp3) is 0. The van der Waals surface area contributed by atoms with Gasteiger partial charge in [0.2, 0.25) is 5.95 Å². The zero-order valence-electron chi connectivity index (χ0n) is 28.4. The summed E-state index contributed by atoms with van der Waals surface area (Å²) in [7, 11) is 0. The van der Waals surface area contributed by atoms with Gasteiger partial charge in [0.05, 0.1) is 12.6 Å². The summed E-state index contributed by atoms with van der Waals surface area (Å²) in [4.78, 5) is 13.4. The first-order chi connectivity index (χ1) is 25.7.